The van der Waals surface area contributed by atoms with Gasteiger partial charge in [0.2, 0.25) is 5.88 Å². The maximum Gasteiger partial charge on any atom is 0.338 e. The van der Waals surface area contributed by atoms with Crippen LogP contribution in [0.4, 0.5) is 5.69 Å². The highest BCUT2D eigenvalue weighted by molar-refractivity contribution is 6.31. The molecular formula is C27H28ClN3O6. The Kier molecular flexibility index (Phi) is 9.04. The van der Waals surface area contributed by atoms with Crippen molar-refractivity contribution in [3.05, 3.63) is 75.3 Å². The smallest absolute Gasteiger partial charge is 0.338 e. The van der Waals surface area contributed by atoms with E-state index in [1.807, 2.05) is 6.07 Å². The van der Waals surface area contributed by atoms with Crippen molar-refractivity contribution in [2.75, 3.05) is 25.1 Å². The first kappa shape index (κ1) is 27.4. The fourth-order valence-electron chi connectivity index (χ4n) is 3.85. The van der Waals surface area contributed by atoms with Crippen molar-refractivity contribution >= 4 is 29.2 Å². The second-order valence-electron chi connectivity index (χ2n) is 8.00. The number of benzene rings is 2. The van der Waals surface area contributed by atoms with E-state index in [9.17, 15) is 14.9 Å². The number of carbonyl (C=O) groups is 2. The number of carbonyl (C=O) groups excluding carboxylic acids is 2. The topological polar surface area (TPSA) is 133 Å². The normalized spacial score (nSPS) is 15.0. The zero-order chi connectivity index (χ0) is 27.1. The van der Waals surface area contributed by atoms with Crippen LogP contribution in [0.1, 0.15) is 37.8 Å². The number of amides is 1. The van der Waals surface area contributed by atoms with Gasteiger partial charge in [-0.25, -0.2) is 4.79 Å². The van der Waals surface area contributed by atoms with Crippen molar-refractivity contribution in [1.82, 2.24) is 0 Å². The minimum atomic E-state index is -0.833. The van der Waals surface area contributed by atoms with Gasteiger partial charge in [-0.05, 0) is 63.1 Å². The number of rotatable bonds is 9. The monoisotopic (exact) mass is 525 g/mol. The van der Waals surface area contributed by atoms with Gasteiger partial charge in [0.25, 0.3) is 5.91 Å². The molecule has 2 aromatic carbocycles. The van der Waals surface area contributed by atoms with Crippen molar-refractivity contribution in [3.63, 3.8) is 0 Å². The SMILES string of the molecule is CCOC(=O)C1=C(C)OC(N)=C(C#N)C1c1ccc(OCC(=O)Nc2cccc(Cl)c2C)c(OCC)c1. The van der Waals surface area contributed by atoms with Crippen molar-refractivity contribution in [2.45, 2.75) is 33.6 Å². The third kappa shape index (κ3) is 6.16. The van der Waals surface area contributed by atoms with E-state index >= 15 is 0 Å². The lowest BCUT2D eigenvalue weighted by atomic mass is 9.83. The molecule has 3 rings (SSSR count). The molecule has 0 saturated heterocycles. The Hall–Kier alpha value is -4.16. The largest absolute Gasteiger partial charge is 0.490 e. The van der Waals surface area contributed by atoms with Gasteiger partial charge in [-0.3, -0.25) is 4.79 Å². The summed E-state index contributed by atoms with van der Waals surface area (Å²) in [5.41, 5.74) is 8.08. The van der Waals surface area contributed by atoms with E-state index in [-0.39, 0.29) is 41.9 Å². The molecule has 1 aliphatic rings. The predicted molar refractivity (Wildman–Crippen MR) is 138 cm³/mol. The Balaban J connectivity index is 1.90. The zero-order valence-electron chi connectivity index (χ0n) is 21.0. The molecule has 0 aliphatic carbocycles. The van der Waals surface area contributed by atoms with Gasteiger partial charge in [-0.2, -0.15) is 5.26 Å². The van der Waals surface area contributed by atoms with Crippen molar-refractivity contribution in [3.8, 4) is 17.6 Å². The lowest BCUT2D eigenvalue weighted by Gasteiger charge is -2.27. The number of nitrogens with one attached hydrogen (secondary N) is 1. The molecule has 0 bridgehead atoms. The number of esters is 1. The van der Waals surface area contributed by atoms with Gasteiger partial charge in [0.1, 0.15) is 17.4 Å². The Bertz CT molecular complexity index is 1310. The number of allylic oxidation sites excluding steroid dienone is 2. The highest BCUT2D eigenvalue weighted by Gasteiger charge is 2.36. The molecule has 1 unspecified atom stereocenters. The Labute approximate surface area is 220 Å². The van der Waals surface area contributed by atoms with Crippen LogP contribution in [-0.2, 0) is 19.1 Å². The molecule has 194 valence electrons. The molecule has 1 heterocycles. The number of hydrogen-bond acceptors (Lipinski definition) is 8. The Morgan fingerprint density at radius 2 is 1.89 bits per heavy atom. The highest BCUT2D eigenvalue weighted by atomic mass is 35.5. The number of hydrogen-bond donors (Lipinski definition) is 2. The number of nitriles is 1. The Morgan fingerprint density at radius 3 is 2.57 bits per heavy atom. The Morgan fingerprint density at radius 1 is 1.14 bits per heavy atom. The third-order valence-corrected chi connectivity index (χ3v) is 6.01. The molecule has 0 aromatic heterocycles. The van der Waals surface area contributed by atoms with Crippen LogP contribution < -0.4 is 20.5 Å². The summed E-state index contributed by atoms with van der Waals surface area (Å²) in [7, 11) is 0. The minimum absolute atomic E-state index is 0.0704. The molecule has 1 aliphatic heterocycles. The highest BCUT2D eigenvalue weighted by Crippen LogP contribution is 2.42. The fourth-order valence-corrected chi connectivity index (χ4v) is 4.03. The third-order valence-electron chi connectivity index (χ3n) is 5.60. The summed E-state index contributed by atoms with van der Waals surface area (Å²) < 4.78 is 22.2. The standard InChI is InChI=1S/C27H28ClN3O6/c1-5-34-22-12-17(25-18(13-29)26(30)37-16(4)24(25)27(33)35-6-2)10-11-21(22)36-14-23(32)31-20-9-7-8-19(28)15(20)3/h7-12,25H,5-6,14,30H2,1-4H3,(H,31,32). The van der Waals surface area contributed by atoms with Gasteiger partial charge in [0.15, 0.2) is 18.1 Å². The molecule has 10 heteroatoms. The van der Waals surface area contributed by atoms with E-state index in [0.29, 0.717) is 34.4 Å². The van der Waals surface area contributed by atoms with Crippen LogP contribution >= 0.6 is 11.6 Å². The lowest BCUT2D eigenvalue weighted by molar-refractivity contribution is -0.139. The van der Waals surface area contributed by atoms with E-state index in [4.69, 9.17) is 36.3 Å². The molecule has 1 atom stereocenters. The molecule has 1 amide bonds. The molecule has 0 saturated carbocycles. The summed E-state index contributed by atoms with van der Waals surface area (Å²) in [5, 5.41) is 13.1. The van der Waals surface area contributed by atoms with Gasteiger partial charge in [-0.15, -0.1) is 0 Å². The van der Waals surface area contributed by atoms with E-state index in [1.54, 1.807) is 64.1 Å². The number of anilines is 1. The average molecular weight is 526 g/mol. The molecule has 37 heavy (non-hydrogen) atoms. The maximum atomic E-state index is 12.8. The first-order valence-corrected chi connectivity index (χ1v) is 12.0. The zero-order valence-corrected chi connectivity index (χ0v) is 21.8. The second kappa shape index (κ2) is 12.2. The number of nitrogens with zero attached hydrogens (tertiary/aromatic N) is 1. The molecule has 9 nitrogen and oxygen atoms in total. The summed E-state index contributed by atoms with van der Waals surface area (Å²) >= 11 is 6.12. The lowest BCUT2D eigenvalue weighted by Crippen LogP contribution is -2.25. The fraction of sp³-hybridized carbons (Fsp3) is 0.296. The van der Waals surface area contributed by atoms with E-state index < -0.39 is 11.9 Å². The summed E-state index contributed by atoms with van der Waals surface area (Å²) in [5.74, 6) is -1.04. The molecule has 3 N–H and O–H groups in total. The van der Waals surface area contributed by atoms with Crippen LogP contribution in [0.2, 0.25) is 5.02 Å². The van der Waals surface area contributed by atoms with Crippen molar-refractivity contribution < 1.29 is 28.5 Å². The maximum absolute atomic E-state index is 12.8. The summed E-state index contributed by atoms with van der Waals surface area (Å²) in [6.45, 7) is 7.05. The van der Waals surface area contributed by atoms with Crippen LogP contribution in [0.15, 0.2) is 59.2 Å². The van der Waals surface area contributed by atoms with Crippen molar-refractivity contribution in [1.29, 1.82) is 5.26 Å². The van der Waals surface area contributed by atoms with E-state index in [0.717, 1.165) is 5.56 Å². The van der Waals surface area contributed by atoms with Gasteiger partial charge in [0.05, 0.1) is 24.7 Å². The van der Waals surface area contributed by atoms with Crippen LogP contribution in [0.5, 0.6) is 11.5 Å². The molecule has 0 radical (unpaired) electrons. The predicted octanol–water partition coefficient (Wildman–Crippen LogP) is 4.71. The number of halogens is 1. The van der Waals surface area contributed by atoms with Crippen molar-refractivity contribution in [2.24, 2.45) is 5.73 Å². The van der Waals surface area contributed by atoms with Crippen LogP contribution in [0, 0.1) is 18.3 Å². The van der Waals surface area contributed by atoms with Crippen LogP contribution in [0.25, 0.3) is 0 Å². The first-order valence-electron chi connectivity index (χ1n) is 11.6. The van der Waals surface area contributed by atoms with Crippen LogP contribution in [0.3, 0.4) is 0 Å². The average Bonchev–Trinajstić information content (AvgIpc) is 2.86. The van der Waals surface area contributed by atoms with Gasteiger partial charge < -0.3 is 30.0 Å². The molecule has 0 fully saturated rings. The van der Waals surface area contributed by atoms with E-state index in [2.05, 4.69) is 5.32 Å². The second-order valence-corrected chi connectivity index (χ2v) is 8.41. The van der Waals surface area contributed by atoms with Crippen LogP contribution in [-0.4, -0.2) is 31.7 Å². The molecule has 2 aromatic rings. The summed E-state index contributed by atoms with van der Waals surface area (Å²) in [6.07, 6.45) is 0. The van der Waals surface area contributed by atoms with Gasteiger partial charge in [0, 0.05) is 10.7 Å². The summed E-state index contributed by atoms with van der Waals surface area (Å²) in [4.78, 5) is 25.3. The number of nitrogens with two attached hydrogens (primary N) is 1. The quantitative estimate of drug-likeness (QED) is 0.450. The summed E-state index contributed by atoms with van der Waals surface area (Å²) in [6, 6.07) is 12.2. The van der Waals surface area contributed by atoms with Gasteiger partial charge >= 0.3 is 5.97 Å². The minimum Gasteiger partial charge on any atom is -0.490 e. The first-order chi connectivity index (χ1) is 17.7. The van der Waals surface area contributed by atoms with E-state index in [1.165, 1.54) is 0 Å². The molecule has 0 spiro atoms. The molecular weight excluding hydrogens is 498 g/mol. The van der Waals surface area contributed by atoms with Gasteiger partial charge in [-0.1, -0.05) is 23.7 Å². The number of ether oxygens (including phenoxy) is 4.